The largest absolute Gasteiger partial charge is 0.374 e. The lowest BCUT2D eigenvalue weighted by Crippen LogP contribution is -2.30. The summed E-state index contributed by atoms with van der Waals surface area (Å²) in [6.45, 7) is 0. The van der Waals surface area contributed by atoms with Gasteiger partial charge in [-0.25, -0.2) is 9.78 Å². The zero-order valence-electron chi connectivity index (χ0n) is 12.6. The third kappa shape index (κ3) is 2.99. The van der Waals surface area contributed by atoms with Crippen molar-refractivity contribution in [2.24, 2.45) is 5.92 Å². The molecule has 2 aromatic rings. The second kappa shape index (κ2) is 5.98. The highest BCUT2D eigenvalue weighted by Gasteiger charge is 2.35. The van der Waals surface area contributed by atoms with Gasteiger partial charge in [-0.2, -0.15) is 14.9 Å². The first-order valence-corrected chi connectivity index (χ1v) is 8.89. The topological polar surface area (TPSA) is 96.1 Å². The van der Waals surface area contributed by atoms with Crippen molar-refractivity contribution in [2.75, 3.05) is 5.75 Å². The van der Waals surface area contributed by atoms with Crippen LogP contribution in [0, 0.1) is 17.2 Å². The lowest BCUT2D eigenvalue weighted by molar-refractivity contribution is -0.0480. The molecule has 0 bridgehead atoms. The second-order valence-corrected chi connectivity index (χ2v) is 7.14. The number of nitriles is 1. The van der Waals surface area contributed by atoms with Gasteiger partial charge >= 0.3 is 5.69 Å². The summed E-state index contributed by atoms with van der Waals surface area (Å²) in [6, 6.07) is 2.00. The van der Waals surface area contributed by atoms with E-state index in [1.54, 1.807) is 0 Å². The number of H-pyrrole nitrogens is 1. The highest BCUT2D eigenvalue weighted by molar-refractivity contribution is 7.99. The van der Waals surface area contributed by atoms with E-state index in [0.29, 0.717) is 22.5 Å². The molecule has 0 aromatic carbocycles. The summed E-state index contributed by atoms with van der Waals surface area (Å²) < 4.78 is 7.28. The molecule has 2 aromatic heterocycles. The van der Waals surface area contributed by atoms with Gasteiger partial charge in [-0.1, -0.05) is 11.8 Å². The summed E-state index contributed by atoms with van der Waals surface area (Å²) >= 11 is 1.47. The van der Waals surface area contributed by atoms with Crippen molar-refractivity contribution in [1.29, 1.82) is 5.26 Å². The van der Waals surface area contributed by atoms with Crippen LogP contribution in [0.25, 0.3) is 5.65 Å². The minimum atomic E-state index is -0.376. The minimum Gasteiger partial charge on any atom is -0.374 e. The Labute approximate surface area is 137 Å². The number of nitrogens with one attached hydrogen (secondary N) is 1. The lowest BCUT2D eigenvalue weighted by Gasteiger charge is -2.29. The van der Waals surface area contributed by atoms with Crippen LogP contribution in [0.5, 0.6) is 0 Å². The predicted octanol–water partition coefficient (Wildman–Crippen LogP) is 1.73. The number of aromatic nitrogens is 4. The number of rotatable bonds is 4. The molecular weight excluding hydrogens is 314 g/mol. The van der Waals surface area contributed by atoms with E-state index in [2.05, 4.69) is 15.1 Å². The zero-order chi connectivity index (χ0) is 15.8. The first-order chi connectivity index (χ1) is 11.2. The fourth-order valence-corrected chi connectivity index (χ4v) is 3.95. The van der Waals surface area contributed by atoms with Crippen molar-refractivity contribution in [1.82, 2.24) is 19.6 Å². The molecule has 1 aliphatic heterocycles. The maximum Gasteiger partial charge on any atom is 0.350 e. The molecule has 2 fully saturated rings. The third-order valence-electron chi connectivity index (χ3n) is 4.41. The van der Waals surface area contributed by atoms with E-state index in [4.69, 9.17) is 10.00 Å². The Bertz CT molecular complexity index is 819. The molecule has 120 valence electrons. The summed E-state index contributed by atoms with van der Waals surface area (Å²) in [7, 11) is 0. The quantitative estimate of drug-likeness (QED) is 0.857. The number of hydrogen-bond donors (Lipinski definition) is 1. The minimum absolute atomic E-state index is 0.209. The van der Waals surface area contributed by atoms with E-state index >= 15 is 0 Å². The van der Waals surface area contributed by atoms with E-state index in [9.17, 15) is 4.79 Å². The van der Waals surface area contributed by atoms with Crippen molar-refractivity contribution >= 4 is 17.4 Å². The number of nitrogens with zero attached hydrogens (tertiary/aromatic N) is 4. The zero-order valence-corrected chi connectivity index (χ0v) is 13.4. The molecule has 2 atom stereocenters. The van der Waals surface area contributed by atoms with Crippen LogP contribution >= 0.6 is 11.8 Å². The van der Waals surface area contributed by atoms with Crippen LogP contribution in [0.2, 0.25) is 0 Å². The Morgan fingerprint density at radius 2 is 2.30 bits per heavy atom. The lowest BCUT2D eigenvalue weighted by atomic mass is 10.0. The number of hydrogen-bond acceptors (Lipinski definition) is 6. The maximum atomic E-state index is 12.0. The molecule has 1 saturated carbocycles. The molecule has 1 aliphatic carbocycles. The second-order valence-electron chi connectivity index (χ2n) is 6.13. The van der Waals surface area contributed by atoms with Crippen LogP contribution in [0.15, 0.2) is 16.1 Å². The molecule has 0 radical (unpaired) electrons. The van der Waals surface area contributed by atoms with Crippen LogP contribution in [0.1, 0.15) is 37.7 Å². The van der Waals surface area contributed by atoms with Crippen molar-refractivity contribution in [3.63, 3.8) is 0 Å². The smallest absolute Gasteiger partial charge is 0.350 e. The van der Waals surface area contributed by atoms with Crippen molar-refractivity contribution < 1.29 is 4.74 Å². The van der Waals surface area contributed by atoms with Crippen LogP contribution in [-0.2, 0) is 4.74 Å². The Hall–Kier alpha value is -1.85. The first-order valence-electron chi connectivity index (χ1n) is 7.91. The highest BCUT2D eigenvalue weighted by Crippen LogP contribution is 2.39. The number of fused-ring (bicyclic) bond motifs is 1. The highest BCUT2D eigenvalue weighted by atomic mass is 32.2. The molecule has 0 amide bonds. The number of thioether (sulfide) groups is 1. The number of ether oxygens (including phenoxy) is 1. The van der Waals surface area contributed by atoms with Crippen molar-refractivity contribution in [3.8, 4) is 6.07 Å². The molecule has 1 saturated heterocycles. The summed E-state index contributed by atoms with van der Waals surface area (Å²) in [5.41, 5.74) is 0.235. The fourth-order valence-electron chi connectivity index (χ4n) is 3.05. The van der Waals surface area contributed by atoms with E-state index < -0.39 is 0 Å². The van der Waals surface area contributed by atoms with Crippen LogP contribution in [0.4, 0.5) is 0 Å². The molecule has 2 aliphatic rings. The van der Waals surface area contributed by atoms with Crippen LogP contribution < -0.4 is 5.69 Å². The normalized spacial score (nSPS) is 24.7. The third-order valence-corrected chi connectivity index (χ3v) is 5.42. The Morgan fingerprint density at radius 3 is 3.09 bits per heavy atom. The molecule has 7 nitrogen and oxygen atoms in total. The van der Waals surface area contributed by atoms with E-state index in [1.807, 2.05) is 6.07 Å². The average molecular weight is 331 g/mol. The molecular formula is C15H17N5O2S. The van der Waals surface area contributed by atoms with Crippen molar-refractivity contribution in [2.45, 2.75) is 49.5 Å². The molecule has 3 heterocycles. The molecule has 8 heteroatoms. The van der Waals surface area contributed by atoms with Gasteiger partial charge in [0.2, 0.25) is 0 Å². The van der Waals surface area contributed by atoms with Gasteiger partial charge in [0, 0.05) is 5.75 Å². The van der Waals surface area contributed by atoms with E-state index in [1.165, 1.54) is 43.6 Å². The molecule has 4 rings (SSSR count). The van der Waals surface area contributed by atoms with Gasteiger partial charge in [0.1, 0.15) is 11.6 Å². The monoisotopic (exact) mass is 331 g/mol. The molecule has 23 heavy (non-hydrogen) atoms. The van der Waals surface area contributed by atoms with Gasteiger partial charge in [0.05, 0.1) is 18.4 Å². The van der Waals surface area contributed by atoms with Gasteiger partial charge in [-0.05, 0) is 38.0 Å². The van der Waals surface area contributed by atoms with Crippen LogP contribution in [0.3, 0.4) is 0 Å². The number of aromatic amines is 1. The summed E-state index contributed by atoms with van der Waals surface area (Å²) in [5.74, 6) is 1.53. The van der Waals surface area contributed by atoms with Gasteiger partial charge in [-0.15, -0.1) is 0 Å². The SMILES string of the molecule is N#Cc1cnn2c(=O)[nH]c(SCC3CCCC(C4CC4)O3)nc12. The maximum absolute atomic E-state index is 12.0. The van der Waals surface area contributed by atoms with Gasteiger partial charge in [-0.3, -0.25) is 4.98 Å². The summed E-state index contributed by atoms with van der Waals surface area (Å²) in [5, 5.41) is 13.4. The Morgan fingerprint density at radius 1 is 1.43 bits per heavy atom. The predicted molar refractivity (Wildman–Crippen MR) is 84.3 cm³/mol. The summed E-state index contributed by atoms with van der Waals surface area (Å²) in [4.78, 5) is 19.0. The Kier molecular flexibility index (Phi) is 3.83. The standard InChI is InChI=1S/C15H17N5O2S/c16-6-10-7-17-20-13(10)18-14(19-15(20)21)23-8-11-2-1-3-12(22-11)9-4-5-9/h7,9,11-12H,1-5,8H2,(H,18,19,21). The van der Waals surface area contributed by atoms with Crippen molar-refractivity contribution in [3.05, 3.63) is 22.2 Å². The van der Waals surface area contributed by atoms with Gasteiger partial charge in [0.25, 0.3) is 0 Å². The fraction of sp³-hybridized carbons (Fsp3) is 0.600. The molecule has 1 N–H and O–H groups in total. The van der Waals surface area contributed by atoms with E-state index in [0.717, 1.165) is 22.6 Å². The van der Waals surface area contributed by atoms with Gasteiger partial charge < -0.3 is 4.74 Å². The summed E-state index contributed by atoms with van der Waals surface area (Å²) in [6.07, 6.45) is 8.02. The van der Waals surface area contributed by atoms with E-state index in [-0.39, 0.29) is 11.8 Å². The Balaban J connectivity index is 1.47. The first kappa shape index (κ1) is 14.7. The molecule has 2 unspecified atom stereocenters. The van der Waals surface area contributed by atoms with Crippen LogP contribution in [-0.4, -0.2) is 37.5 Å². The van der Waals surface area contributed by atoms with Gasteiger partial charge in [0.15, 0.2) is 10.8 Å². The molecule has 0 spiro atoms. The average Bonchev–Trinajstić information content (AvgIpc) is 3.33.